The second-order valence-corrected chi connectivity index (χ2v) is 10.6. The number of nitrogens with zero attached hydrogens (tertiary/aromatic N) is 2. The molecule has 208 valence electrons. The van der Waals surface area contributed by atoms with E-state index in [1.54, 1.807) is 41.3 Å². The zero-order valence-electron chi connectivity index (χ0n) is 22.8. The van der Waals surface area contributed by atoms with E-state index in [9.17, 15) is 18.8 Å². The van der Waals surface area contributed by atoms with Crippen LogP contribution in [0.4, 0.5) is 20.6 Å². The number of halogens is 1. The standard InChI is InChI=1S/C34H27FN4O3/c1-2-20-11-17-23(18-12-20)36-32(40)25-8-4-6-10-28(25)39-33(41)29-19-26-24-7-3-5-9-27(24)37-30(26)31(38(29)34(39)42)21-13-15-22(35)16-14-21/h3-18,29,31,37H,2,19H2,1H3,(H,36,40). The number of fused-ring (bicyclic) bond motifs is 4. The Kier molecular flexibility index (Phi) is 6.12. The molecule has 3 heterocycles. The summed E-state index contributed by atoms with van der Waals surface area (Å²) in [6, 6.07) is 26.0. The largest absolute Gasteiger partial charge is 0.356 e. The zero-order valence-corrected chi connectivity index (χ0v) is 22.8. The Balaban J connectivity index is 1.29. The van der Waals surface area contributed by atoms with Crippen LogP contribution in [0.5, 0.6) is 0 Å². The first kappa shape index (κ1) is 25.7. The highest BCUT2D eigenvalue weighted by Gasteiger charge is 2.53. The number of H-pyrrole nitrogens is 1. The van der Waals surface area contributed by atoms with Crippen molar-refractivity contribution in [1.29, 1.82) is 0 Å². The molecule has 0 saturated carbocycles. The first-order chi connectivity index (χ1) is 20.4. The second-order valence-electron chi connectivity index (χ2n) is 10.6. The molecule has 2 atom stereocenters. The molecule has 7 rings (SSSR count). The van der Waals surface area contributed by atoms with Crippen LogP contribution in [0.2, 0.25) is 0 Å². The fourth-order valence-corrected chi connectivity index (χ4v) is 6.17. The maximum absolute atomic E-state index is 14.2. The molecule has 2 N–H and O–H groups in total. The summed E-state index contributed by atoms with van der Waals surface area (Å²) in [7, 11) is 0. The van der Waals surface area contributed by atoms with Gasteiger partial charge in [0.05, 0.1) is 11.3 Å². The Bertz CT molecular complexity index is 1860. The van der Waals surface area contributed by atoms with E-state index in [4.69, 9.17) is 0 Å². The molecule has 1 aromatic heterocycles. The number of benzene rings is 4. The maximum atomic E-state index is 14.2. The Hall–Kier alpha value is -5.24. The number of urea groups is 1. The summed E-state index contributed by atoms with van der Waals surface area (Å²) in [6.07, 6.45) is 1.20. The molecule has 0 spiro atoms. The predicted octanol–water partition coefficient (Wildman–Crippen LogP) is 6.60. The maximum Gasteiger partial charge on any atom is 0.332 e. The molecule has 4 aromatic carbocycles. The smallest absolute Gasteiger partial charge is 0.332 e. The van der Waals surface area contributed by atoms with Crippen molar-refractivity contribution in [2.45, 2.75) is 31.8 Å². The normalized spacial score (nSPS) is 17.9. The molecule has 1 fully saturated rings. The number of hydrogen-bond donors (Lipinski definition) is 2. The van der Waals surface area contributed by atoms with E-state index in [1.807, 2.05) is 48.5 Å². The summed E-state index contributed by atoms with van der Waals surface area (Å²) in [6.45, 7) is 2.06. The van der Waals surface area contributed by atoms with Gasteiger partial charge in [-0.1, -0.05) is 61.5 Å². The number of amides is 4. The van der Waals surface area contributed by atoms with Gasteiger partial charge in [-0.05, 0) is 65.6 Å². The molecule has 1 saturated heterocycles. The van der Waals surface area contributed by atoms with Crippen molar-refractivity contribution in [1.82, 2.24) is 9.88 Å². The number of carbonyl (C=O) groups excluding carboxylic acids is 3. The summed E-state index contributed by atoms with van der Waals surface area (Å²) in [4.78, 5) is 48.0. The molecule has 0 radical (unpaired) electrons. The minimum absolute atomic E-state index is 0.209. The third-order valence-electron chi connectivity index (χ3n) is 8.24. The van der Waals surface area contributed by atoms with Gasteiger partial charge in [-0.2, -0.15) is 0 Å². The van der Waals surface area contributed by atoms with Crippen molar-refractivity contribution < 1.29 is 18.8 Å². The van der Waals surface area contributed by atoms with Crippen molar-refractivity contribution in [2.24, 2.45) is 0 Å². The van der Waals surface area contributed by atoms with Crippen LogP contribution in [0.25, 0.3) is 10.9 Å². The van der Waals surface area contributed by atoms with Gasteiger partial charge >= 0.3 is 6.03 Å². The third kappa shape index (κ3) is 4.06. The van der Waals surface area contributed by atoms with Crippen LogP contribution in [-0.4, -0.2) is 33.8 Å². The number of rotatable bonds is 5. The van der Waals surface area contributed by atoms with Crippen molar-refractivity contribution in [2.75, 3.05) is 10.2 Å². The van der Waals surface area contributed by atoms with Gasteiger partial charge in [0.1, 0.15) is 17.9 Å². The van der Waals surface area contributed by atoms with Gasteiger partial charge in [-0.25, -0.2) is 14.1 Å². The number of nitrogens with one attached hydrogen (secondary N) is 2. The number of anilines is 2. The van der Waals surface area contributed by atoms with Gasteiger partial charge < -0.3 is 10.3 Å². The minimum atomic E-state index is -0.794. The summed E-state index contributed by atoms with van der Waals surface area (Å²) < 4.78 is 13.9. The summed E-state index contributed by atoms with van der Waals surface area (Å²) in [5.74, 6) is -1.22. The molecular formula is C34H27FN4O3. The van der Waals surface area contributed by atoms with Crippen LogP contribution >= 0.6 is 0 Å². The number of imide groups is 1. The van der Waals surface area contributed by atoms with E-state index in [2.05, 4.69) is 17.2 Å². The van der Waals surface area contributed by atoms with E-state index < -0.39 is 35.7 Å². The highest BCUT2D eigenvalue weighted by Crippen LogP contribution is 2.45. The number of aryl methyl sites for hydroxylation is 1. The molecule has 0 aliphatic carbocycles. The van der Waals surface area contributed by atoms with Crippen LogP contribution in [0.1, 0.15) is 45.7 Å². The van der Waals surface area contributed by atoms with Crippen LogP contribution in [-0.2, 0) is 17.6 Å². The SMILES string of the molecule is CCc1ccc(NC(=O)c2ccccc2N2C(=O)C3Cc4c([nH]c5ccccc45)C(c4ccc(F)cc4)N3C2=O)cc1. The average molecular weight is 559 g/mol. The van der Waals surface area contributed by atoms with E-state index in [0.29, 0.717) is 17.7 Å². The highest BCUT2D eigenvalue weighted by molar-refractivity contribution is 6.24. The molecule has 8 heteroatoms. The van der Waals surface area contributed by atoms with Gasteiger partial charge in [0.15, 0.2) is 0 Å². The lowest BCUT2D eigenvalue weighted by Gasteiger charge is -2.36. The van der Waals surface area contributed by atoms with Gasteiger partial charge in [0.2, 0.25) is 0 Å². The lowest BCUT2D eigenvalue weighted by atomic mass is 9.89. The molecule has 5 aromatic rings. The van der Waals surface area contributed by atoms with E-state index in [-0.39, 0.29) is 11.3 Å². The minimum Gasteiger partial charge on any atom is -0.356 e. The molecule has 7 nitrogen and oxygen atoms in total. The van der Waals surface area contributed by atoms with E-state index >= 15 is 0 Å². The van der Waals surface area contributed by atoms with E-state index in [1.165, 1.54) is 12.1 Å². The van der Waals surface area contributed by atoms with Gasteiger partial charge in [0.25, 0.3) is 11.8 Å². The zero-order chi connectivity index (χ0) is 29.0. The molecule has 2 unspecified atom stereocenters. The molecule has 42 heavy (non-hydrogen) atoms. The number of aromatic nitrogens is 1. The highest BCUT2D eigenvalue weighted by atomic mass is 19.1. The van der Waals surface area contributed by atoms with Gasteiger partial charge in [0, 0.05) is 28.7 Å². The molecule has 4 amide bonds. The summed E-state index contributed by atoms with van der Waals surface area (Å²) in [5, 5.41) is 3.87. The molecule has 0 bridgehead atoms. The average Bonchev–Trinajstić information content (AvgIpc) is 3.51. The number of hydrogen-bond acceptors (Lipinski definition) is 3. The molecule has 2 aliphatic heterocycles. The van der Waals surface area contributed by atoms with Crippen LogP contribution in [0.3, 0.4) is 0 Å². The summed E-state index contributed by atoms with van der Waals surface area (Å²) >= 11 is 0. The third-order valence-corrected chi connectivity index (χ3v) is 8.24. The lowest BCUT2D eigenvalue weighted by molar-refractivity contribution is -0.120. The predicted molar refractivity (Wildman–Crippen MR) is 159 cm³/mol. The first-order valence-electron chi connectivity index (χ1n) is 13.9. The number of para-hydroxylation sites is 2. The van der Waals surface area contributed by atoms with E-state index in [0.717, 1.165) is 39.0 Å². The van der Waals surface area contributed by atoms with Crippen LogP contribution in [0, 0.1) is 5.82 Å². The van der Waals surface area contributed by atoms with Crippen molar-refractivity contribution in [3.05, 3.63) is 131 Å². The second kappa shape index (κ2) is 9.99. The Morgan fingerprint density at radius 1 is 0.929 bits per heavy atom. The van der Waals surface area contributed by atoms with Crippen molar-refractivity contribution in [3.8, 4) is 0 Å². The topological polar surface area (TPSA) is 85.5 Å². The quantitative estimate of drug-likeness (QED) is 0.238. The summed E-state index contributed by atoms with van der Waals surface area (Å²) in [5.41, 5.74) is 5.52. The fraction of sp³-hybridized carbons (Fsp3) is 0.147. The van der Waals surface area contributed by atoms with Crippen molar-refractivity contribution >= 4 is 40.1 Å². The fourth-order valence-electron chi connectivity index (χ4n) is 6.17. The Morgan fingerprint density at radius 3 is 2.40 bits per heavy atom. The number of aromatic amines is 1. The van der Waals surface area contributed by atoms with Gasteiger partial charge in [-0.15, -0.1) is 0 Å². The van der Waals surface area contributed by atoms with Crippen molar-refractivity contribution in [3.63, 3.8) is 0 Å². The number of carbonyl (C=O) groups is 3. The first-order valence-corrected chi connectivity index (χ1v) is 13.9. The Morgan fingerprint density at radius 2 is 1.64 bits per heavy atom. The van der Waals surface area contributed by atoms with Crippen LogP contribution < -0.4 is 10.2 Å². The Labute approximate surface area is 241 Å². The van der Waals surface area contributed by atoms with Gasteiger partial charge in [-0.3, -0.25) is 14.5 Å². The molecular weight excluding hydrogens is 531 g/mol. The lowest BCUT2D eigenvalue weighted by Crippen LogP contribution is -2.44. The molecule has 2 aliphatic rings. The van der Waals surface area contributed by atoms with Crippen LogP contribution in [0.15, 0.2) is 97.1 Å². The monoisotopic (exact) mass is 558 g/mol.